The second-order valence-corrected chi connectivity index (χ2v) is 4.73. The molecule has 0 atom stereocenters. The second-order valence-electron chi connectivity index (χ2n) is 4.73. The number of nitriles is 1. The Bertz CT molecular complexity index is 449. The van der Waals surface area contributed by atoms with Crippen molar-refractivity contribution in [2.45, 2.75) is 20.4 Å². The molecule has 0 aromatic heterocycles. The number of carbonyl (C=O) groups is 1. The van der Waals surface area contributed by atoms with E-state index in [2.05, 4.69) is 6.07 Å². The zero-order valence-corrected chi connectivity index (χ0v) is 10.8. The van der Waals surface area contributed by atoms with Gasteiger partial charge in [0, 0.05) is 13.1 Å². The monoisotopic (exact) mass is 246 g/mol. The molecular formula is C14H18N2O2. The van der Waals surface area contributed by atoms with Crippen LogP contribution in [0.2, 0.25) is 0 Å². The van der Waals surface area contributed by atoms with Gasteiger partial charge in [-0.15, -0.1) is 0 Å². The number of hydrogen-bond donors (Lipinski definition) is 1. The van der Waals surface area contributed by atoms with Gasteiger partial charge in [0.1, 0.15) is 0 Å². The number of aliphatic carboxylic acids is 1. The highest BCUT2D eigenvalue weighted by Gasteiger charge is 2.13. The van der Waals surface area contributed by atoms with Crippen molar-refractivity contribution >= 4 is 5.97 Å². The summed E-state index contributed by atoms with van der Waals surface area (Å²) in [6.45, 7) is 5.29. The molecule has 0 radical (unpaired) electrons. The van der Waals surface area contributed by atoms with Gasteiger partial charge in [-0.1, -0.05) is 32.0 Å². The van der Waals surface area contributed by atoms with Crippen molar-refractivity contribution in [2.24, 2.45) is 5.92 Å². The Labute approximate surface area is 107 Å². The van der Waals surface area contributed by atoms with Crippen LogP contribution in [0.15, 0.2) is 24.3 Å². The van der Waals surface area contributed by atoms with Crippen molar-refractivity contribution in [1.82, 2.24) is 4.90 Å². The standard InChI is InChI=1S/C14H18N2O2/c1-11(2)8-16(10-14(17)18)9-13-6-4-3-5-12(13)7-15/h3-6,11H,8-10H2,1-2H3,(H,17,18). The maximum atomic E-state index is 10.8. The fourth-order valence-electron chi connectivity index (χ4n) is 1.90. The molecule has 96 valence electrons. The Morgan fingerprint density at radius 1 is 1.44 bits per heavy atom. The van der Waals surface area contributed by atoms with Gasteiger partial charge >= 0.3 is 5.97 Å². The molecule has 18 heavy (non-hydrogen) atoms. The summed E-state index contributed by atoms with van der Waals surface area (Å²) in [5, 5.41) is 17.9. The van der Waals surface area contributed by atoms with Gasteiger partial charge < -0.3 is 5.11 Å². The molecule has 1 N–H and O–H groups in total. The van der Waals surface area contributed by atoms with E-state index in [1.165, 1.54) is 0 Å². The van der Waals surface area contributed by atoms with Gasteiger partial charge in [-0.05, 0) is 17.5 Å². The molecule has 0 fully saturated rings. The third-order valence-corrected chi connectivity index (χ3v) is 2.51. The summed E-state index contributed by atoms with van der Waals surface area (Å²) in [7, 11) is 0. The van der Waals surface area contributed by atoms with Gasteiger partial charge in [0.2, 0.25) is 0 Å². The molecule has 0 saturated carbocycles. The van der Waals surface area contributed by atoms with Crippen LogP contribution in [0.25, 0.3) is 0 Å². The number of benzene rings is 1. The Hall–Kier alpha value is -1.86. The molecule has 0 unspecified atom stereocenters. The van der Waals surface area contributed by atoms with Gasteiger partial charge in [-0.25, -0.2) is 0 Å². The molecule has 4 heteroatoms. The van der Waals surface area contributed by atoms with Gasteiger partial charge in [-0.2, -0.15) is 5.26 Å². The van der Waals surface area contributed by atoms with Gasteiger partial charge in [-0.3, -0.25) is 9.69 Å². The van der Waals surface area contributed by atoms with E-state index in [0.717, 1.165) is 5.56 Å². The van der Waals surface area contributed by atoms with E-state index in [1.54, 1.807) is 6.07 Å². The van der Waals surface area contributed by atoms with Crippen LogP contribution < -0.4 is 0 Å². The number of nitrogens with zero attached hydrogens (tertiary/aromatic N) is 2. The summed E-state index contributed by atoms with van der Waals surface area (Å²) in [6, 6.07) is 9.43. The number of hydrogen-bond acceptors (Lipinski definition) is 3. The summed E-state index contributed by atoms with van der Waals surface area (Å²) >= 11 is 0. The Kier molecular flexibility index (Phi) is 5.34. The minimum Gasteiger partial charge on any atom is -0.480 e. The lowest BCUT2D eigenvalue weighted by Gasteiger charge is -2.22. The van der Waals surface area contributed by atoms with E-state index in [4.69, 9.17) is 10.4 Å². The van der Waals surface area contributed by atoms with E-state index in [0.29, 0.717) is 24.6 Å². The molecule has 1 rings (SSSR count). The smallest absolute Gasteiger partial charge is 0.317 e. The molecule has 0 amide bonds. The number of carboxylic acid groups (broad SMARTS) is 1. The number of carboxylic acids is 1. The van der Waals surface area contributed by atoms with Crippen LogP contribution in [0.1, 0.15) is 25.0 Å². The minimum absolute atomic E-state index is 0.00204. The summed E-state index contributed by atoms with van der Waals surface area (Å²) in [5.41, 5.74) is 1.48. The minimum atomic E-state index is -0.843. The fraction of sp³-hybridized carbons (Fsp3) is 0.429. The van der Waals surface area contributed by atoms with E-state index in [-0.39, 0.29) is 6.54 Å². The zero-order valence-electron chi connectivity index (χ0n) is 10.8. The molecule has 0 bridgehead atoms. The average Bonchev–Trinajstić information content (AvgIpc) is 2.27. The van der Waals surface area contributed by atoms with Gasteiger partial charge in [0.25, 0.3) is 0 Å². The number of rotatable bonds is 6. The topological polar surface area (TPSA) is 64.3 Å². The highest BCUT2D eigenvalue weighted by Crippen LogP contribution is 2.12. The first-order valence-electron chi connectivity index (χ1n) is 5.95. The highest BCUT2D eigenvalue weighted by molar-refractivity contribution is 5.69. The first kappa shape index (κ1) is 14.2. The van der Waals surface area contributed by atoms with Crippen molar-refractivity contribution in [3.05, 3.63) is 35.4 Å². The van der Waals surface area contributed by atoms with Crippen molar-refractivity contribution in [3.63, 3.8) is 0 Å². The third-order valence-electron chi connectivity index (χ3n) is 2.51. The molecule has 0 aliphatic heterocycles. The van der Waals surface area contributed by atoms with Crippen LogP contribution in [0.3, 0.4) is 0 Å². The molecule has 0 heterocycles. The van der Waals surface area contributed by atoms with Crippen LogP contribution in [0, 0.1) is 17.2 Å². The van der Waals surface area contributed by atoms with Crippen molar-refractivity contribution in [2.75, 3.05) is 13.1 Å². The summed E-state index contributed by atoms with van der Waals surface area (Å²) < 4.78 is 0. The summed E-state index contributed by atoms with van der Waals surface area (Å²) in [5.74, 6) is -0.455. The molecule has 0 aliphatic rings. The van der Waals surface area contributed by atoms with Crippen LogP contribution in [-0.4, -0.2) is 29.1 Å². The second kappa shape index (κ2) is 6.77. The normalized spacial score (nSPS) is 10.6. The molecule has 0 spiro atoms. The molecule has 1 aromatic carbocycles. The Morgan fingerprint density at radius 2 is 2.11 bits per heavy atom. The van der Waals surface area contributed by atoms with Crippen molar-refractivity contribution in [3.8, 4) is 6.07 Å². The van der Waals surface area contributed by atoms with E-state index < -0.39 is 5.97 Å². The Morgan fingerprint density at radius 3 is 2.67 bits per heavy atom. The first-order chi connectivity index (χ1) is 8.52. The largest absolute Gasteiger partial charge is 0.480 e. The molecule has 0 saturated heterocycles. The van der Waals surface area contributed by atoms with E-state index in [9.17, 15) is 4.79 Å². The maximum Gasteiger partial charge on any atom is 0.317 e. The molecular weight excluding hydrogens is 228 g/mol. The van der Waals surface area contributed by atoms with Crippen molar-refractivity contribution < 1.29 is 9.90 Å². The summed E-state index contributed by atoms with van der Waals surface area (Å²) in [4.78, 5) is 12.7. The lowest BCUT2D eigenvalue weighted by Crippen LogP contribution is -2.32. The maximum absolute atomic E-state index is 10.8. The SMILES string of the molecule is CC(C)CN(CC(=O)O)Cc1ccccc1C#N. The highest BCUT2D eigenvalue weighted by atomic mass is 16.4. The predicted octanol–water partition coefficient (Wildman–Crippen LogP) is 2.10. The van der Waals surface area contributed by atoms with Crippen molar-refractivity contribution in [1.29, 1.82) is 5.26 Å². The lowest BCUT2D eigenvalue weighted by atomic mass is 10.1. The van der Waals surface area contributed by atoms with E-state index in [1.807, 2.05) is 36.9 Å². The lowest BCUT2D eigenvalue weighted by molar-refractivity contribution is -0.138. The fourth-order valence-corrected chi connectivity index (χ4v) is 1.90. The van der Waals surface area contributed by atoms with Crippen LogP contribution in [0.5, 0.6) is 0 Å². The molecule has 1 aromatic rings. The molecule has 4 nitrogen and oxygen atoms in total. The quantitative estimate of drug-likeness (QED) is 0.834. The summed E-state index contributed by atoms with van der Waals surface area (Å²) in [6.07, 6.45) is 0. The first-order valence-corrected chi connectivity index (χ1v) is 5.95. The van der Waals surface area contributed by atoms with Gasteiger partial charge in [0.05, 0.1) is 18.2 Å². The molecule has 0 aliphatic carbocycles. The third kappa shape index (κ3) is 4.56. The van der Waals surface area contributed by atoms with Crippen LogP contribution in [0.4, 0.5) is 0 Å². The van der Waals surface area contributed by atoms with E-state index >= 15 is 0 Å². The predicted molar refractivity (Wildman–Crippen MR) is 68.9 cm³/mol. The average molecular weight is 246 g/mol. The van der Waals surface area contributed by atoms with Gasteiger partial charge in [0.15, 0.2) is 0 Å². The van der Waals surface area contributed by atoms with Crippen LogP contribution in [-0.2, 0) is 11.3 Å². The Balaban J connectivity index is 2.82. The van der Waals surface area contributed by atoms with Crippen LogP contribution >= 0.6 is 0 Å². The zero-order chi connectivity index (χ0) is 13.5.